The van der Waals surface area contributed by atoms with Gasteiger partial charge >= 0.3 is 5.97 Å². The van der Waals surface area contributed by atoms with Crippen molar-refractivity contribution in [3.63, 3.8) is 0 Å². The predicted molar refractivity (Wildman–Crippen MR) is 68.6 cm³/mol. The molecule has 0 rings (SSSR count). The van der Waals surface area contributed by atoms with Crippen molar-refractivity contribution < 1.29 is 19.7 Å². The molecule has 0 fully saturated rings. The molecule has 0 radical (unpaired) electrons. The van der Waals surface area contributed by atoms with Gasteiger partial charge in [-0.1, -0.05) is 34.6 Å². The molecule has 1 unspecified atom stereocenters. The fraction of sp³-hybridized carbons (Fsp3) is 0.923. The summed E-state index contributed by atoms with van der Waals surface area (Å²) in [5.74, 6) is 0.0876. The molecule has 104 valence electrons. The summed E-state index contributed by atoms with van der Waals surface area (Å²) in [5, 5.41) is 18.3. The van der Waals surface area contributed by atoms with E-state index in [9.17, 15) is 9.90 Å². The highest BCUT2D eigenvalue weighted by Crippen LogP contribution is 2.24. The van der Waals surface area contributed by atoms with E-state index in [1.807, 2.05) is 27.7 Å². The Balaban J connectivity index is 0. The van der Waals surface area contributed by atoms with Gasteiger partial charge in [-0.25, -0.2) is 0 Å². The number of hydrogen-bond acceptors (Lipinski definition) is 4. The quantitative estimate of drug-likeness (QED) is 0.730. The molecule has 2 N–H and O–H groups in total. The lowest BCUT2D eigenvalue weighted by Gasteiger charge is -2.30. The highest BCUT2D eigenvalue weighted by Gasteiger charge is 2.28. The molecular formula is C13H28O4. The number of hydrogen-bond donors (Lipinski definition) is 2. The second-order valence-corrected chi connectivity index (χ2v) is 4.99. The van der Waals surface area contributed by atoms with E-state index < -0.39 is 6.10 Å². The average Bonchev–Trinajstić information content (AvgIpc) is 2.28. The predicted octanol–water partition coefficient (Wildman–Crippen LogP) is 1.98. The van der Waals surface area contributed by atoms with Gasteiger partial charge in [-0.3, -0.25) is 4.79 Å². The maximum atomic E-state index is 10.2. The number of carbonyl (C=O) groups excluding carboxylic acids is 1. The topological polar surface area (TPSA) is 66.8 Å². The number of esters is 1. The van der Waals surface area contributed by atoms with Crippen molar-refractivity contribution >= 4 is 5.97 Å². The van der Waals surface area contributed by atoms with Crippen molar-refractivity contribution in [3.8, 4) is 0 Å². The summed E-state index contributed by atoms with van der Waals surface area (Å²) in [5.41, 5.74) is -0.367. The van der Waals surface area contributed by atoms with Gasteiger partial charge in [0.1, 0.15) is 0 Å². The minimum absolute atomic E-state index is 0.0341. The molecule has 0 aliphatic carbocycles. The third kappa shape index (κ3) is 9.12. The lowest BCUT2D eigenvalue weighted by molar-refractivity contribution is -0.142. The summed E-state index contributed by atoms with van der Waals surface area (Å²) in [6.07, 6.45) is 0.0610. The second-order valence-electron chi connectivity index (χ2n) is 4.99. The van der Waals surface area contributed by atoms with Gasteiger partial charge < -0.3 is 14.9 Å². The number of carbonyl (C=O) groups is 1. The number of rotatable bonds is 5. The highest BCUT2D eigenvalue weighted by molar-refractivity contribution is 5.68. The summed E-state index contributed by atoms with van der Waals surface area (Å²) in [6.45, 7) is 11.7. The number of aliphatic hydroxyl groups excluding tert-OH is 2. The van der Waals surface area contributed by atoms with Crippen molar-refractivity contribution in [2.45, 2.75) is 54.1 Å². The Labute approximate surface area is 105 Å². The van der Waals surface area contributed by atoms with E-state index in [0.29, 0.717) is 13.0 Å². The minimum atomic E-state index is -0.419. The van der Waals surface area contributed by atoms with E-state index in [-0.39, 0.29) is 23.9 Å². The standard InChI is InChI=1S/C8H18O2.C5H10O2/c1-6(2)7(10)8(3,4)5-9;1-3-5(6)7-4-2/h6-7,9-10H,5H2,1-4H3;3-4H2,1-2H3. The van der Waals surface area contributed by atoms with Gasteiger partial charge in [0.2, 0.25) is 0 Å². The fourth-order valence-electron chi connectivity index (χ4n) is 1.26. The average molecular weight is 248 g/mol. The van der Waals surface area contributed by atoms with Gasteiger partial charge in [0.05, 0.1) is 19.3 Å². The zero-order chi connectivity index (χ0) is 14.1. The molecule has 4 heteroatoms. The Morgan fingerprint density at radius 1 is 1.29 bits per heavy atom. The van der Waals surface area contributed by atoms with Gasteiger partial charge in [-0.15, -0.1) is 0 Å². The van der Waals surface area contributed by atoms with Gasteiger partial charge in [0.15, 0.2) is 0 Å². The van der Waals surface area contributed by atoms with Gasteiger partial charge in [-0.05, 0) is 12.8 Å². The molecule has 0 aliphatic heterocycles. The van der Waals surface area contributed by atoms with Crippen LogP contribution < -0.4 is 0 Å². The zero-order valence-electron chi connectivity index (χ0n) is 12.0. The second kappa shape index (κ2) is 9.42. The van der Waals surface area contributed by atoms with Crippen LogP contribution >= 0.6 is 0 Å². The van der Waals surface area contributed by atoms with Crippen LogP contribution in [0.15, 0.2) is 0 Å². The molecule has 0 saturated carbocycles. The Hall–Kier alpha value is -0.610. The van der Waals surface area contributed by atoms with Crippen LogP contribution in [0.25, 0.3) is 0 Å². The molecule has 0 aromatic rings. The maximum Gasteiger partial charge on any atom is 0.305 e. The molecule has 0 aliphatic rings. The van der Waals surface area contributed by atoms with Crippen molar-refractivity contribution in [1.82, 2.24) is 0 Å². The largest absolute Gasteiger partial charge is 0.466 e. The molecule has 1 atom stereocenters. The van der Waals surface area contributed by atoms with Crippen molar-refractivity contribution in [2.24, 2.45) is 11.3 Å². The molecule has 0 spiro atoms. The van der Waals surface area contributed by atoms with E-state index in [4.69, 9.17) is 5.11 Å². The molecule has 17 heavy (non-hydrogen) atoms. The van der Waals surface area contributed by atoms with Crippen LogP contribution in [0.1, 0.15) is 48.0 Å². The Morgan fingerprint density at radius 2 is 1.76 bits per heavy atom. The van der Waals surface area contributed by atoms with E-state index in [1.54, 1.807) is 13.8 Å². The van der Waals surface area contributed by atoms with Crippen molar-refractivity contribution in [3.05, 3.63) is 0 Å². The van der Waals surface area contributed by atoms with E-state index in [0.717, 1.165) is 0 Å². The van der Waals surface area contributed by atoms with Crippen LogP contribution in [-0.4, -0.2) is 35.5 Å². The van der Waals surface area contributed by atoms with E-state index >= 15 is 0 Å². The first-order valence-electron chi connectivity index (χ1n) is 6.17. The first kappa shape index (κ1) is 18.7. The Kier molecular flexibility index (Phi) is 10.4. The van der Waals surface area contributed by atoms with E-state index in [2.05, 4.69) is 4.74 Å². The molecule has 0 saturated heterocycles. The first-order valence-corrected chi connectivity index (χ1v) is 6.17. The molecule has 0 aromatic heterocycles. The third-order valence-electron chi connectivity index (χ3n) is 2.43. The van der Waals surface area contributed by atoms with Gasteiger partial charge in [0, 0.05) is 11.8 Å². The van der Waals surface area contributed by atoms with E-state index in [1.165, 1.54) is 0 Å². The summed E-state index contributed by atoms with van der Waals surface area (Å²) >= 11 is 0. The van der Waals surface area contributed by atoms with Crippen molar-refractivity contribution in [2.75, 3.05) is 13.2 Å². The smallest absolute Gasteiger partial charge is 0.305 e. The van der Waals surface area contributed by atoms with Crippen LogP contribution in [-0.2, 0) is 9.53 Å². The number of aliphatic hydroxyl groups is 2. The van der Waals surface area contributed by atoms with Crippen LogP contribution in [0.2, 0.25) is 0 Å². The molecule has 0 bridgehead atoms. The fourth-order valence-corrected chi connectivity index (χ4v) is 1.26. The third-order valence-corrected chi connectivity index (χ3v) is 2.43. The highest BCUT2D eigenvalue weighted by atomic mass is 16.5. The maximum absolute atomic E-state index is 10.2. The van der Waals surface area contributed by atoms with Crippen LogP contribution in [0.5, 0.6) is 0 Å². The molecule has 0 heterocycles. The summed E-state index contributed by atoms with van der Waals surface area (Å²) in [4.78, 5) is 10.2. The number of ether oxygens (including phenoxy) is 1. The minimum Gasteiger partial charge on any atom is -0.466 e. The first-order chi connectivity index (χ1) is 7.72. The van der Waals surface area contributed by atoms with Gasteiger partial charge in [0.25, 0.3) is 0 Å². The van der Waals surface area contributed by atoms with Crippen LogP contribution in [0, 0.1) is 11.3 Å². The van der Waals surface area contributed by atoms with Crippen molar-refractivity contribution in [1.29, 1.82) is 0 Å². The van der Waals surface area contributed by atoms with Crippen LogP contribution in [0.4, 0.5) is 0 Å². The normalized spacial score (nSPS) is 12.8. The Bertz CT molecular complexity index is 200. The summed E-state index contributed by atoms with van der Waals surface area (Å²) in [7, 11) is 0. The molecule has 4 nitrogen and oxygen atoms in total. The SMILES string of the molecule is CC(C)C(O)C(C)(C)CO.CCOC(=O)CC. The Morgan fingerprint density at radius 3 is 1.88 bits per heavy atom. The molecule has 0 amide bonds. The van der Waals surface area contributed by atoms with Crippen LogP contribution in [0.3, 0.4) is 0 Å². The molecular weight excluding hydrogens is 220 g/mol. The summed E-state index contributed by atoms with van der Waals surface area (Å²) < 4.78 is 4.55. The summed E-state index contributed by atoms with van der Waals surface area (Å²) in [6, 6.07) is 0. The lowest BCUT2D eigenvalue weighted by atomic mass is 9.82. The monoisotopic (exact) mass is 248 g/mol. The molecule has 0 aromatic carbocycles. The van der Waals surface area contributed by atoms with Gasteiger partial charge in [-0.2, -0.15) is 0 Å². The lowest BCUT2D eigenvalue weighted by Crippen LogP contribution is -2.36. The zero-order valence-corrected chi connectivity index (χ0v) is 12.0.